The van der Waals surface area contributed by atoms with Crippen molar-refractivity contribution in [3.05, 3.63) is 0 Å². The number of nitrogens with zero attached hydrogens (tertiary/aromatic N) is 1. The van der Waals surface area contributed by atoms with Crippen LogP contribution in [0.5, 0.6) is 0 Å². The fourth-order valence-electron chi connectivity index (χ4n) is 2.43. The summed E-state index contributed by atoms with van der Waals surface area (Å²) >= 11 is 0. The zero-order valence-corrected chi connectivity index (χ0v) is 9.46. The maximum Gasteiger partial charge on any atom is 0.224 e. The van der Waals surface area contributed by atoms with Gasteiger partial charge in [-0.1, -0.05) is 0 Å². The zero-order valence-electron chi connectivity index (χ0n) is 9.46. The molecule has 2 aliphatic rings. The number of hydrogen-bond acceptors (Lipinski definition) is 3. The molecule has 4 nitrogen and oxygen atoms in total. The van der Waals surface area contributed by atoms with Gasteiger partial charge >= 0.3 is 0 Å². The molecule has 2 N–H and O–H groups in total. The maximum atomic E-state index is 12.0. The monoisotopic (exact) mass is 211 g/mol. The molecule has 0 aliphatic carbocycles. The predicted octanol–water partition coefficient (Wildman–Crippen LogP) is -0.0512. The Hall–Kier alpha value is -0.610. The number of carbonyl (C=O) groups is 1. The van der Waals surface area contributed by atoms with Crippen LogP contribution in [0.2, 0.25) is 0 Å². The van der Waals surface area contributed by atoms with Crippen LogP contribution in [0.25, 0.3) is 0 Å². The molecular formula is C11H21N3O. The molecule has 0 aromatic rings. The van der Waals surface area contributed by atoms with Gasteiger partial charge in [0.15, 0.2) is 0 Å². The van der Waals surface area contributed by atoms with E-state index in [9.17, 15) is 4.79 Å². The fourth-order valence-corrected chi connectivity index (χ4v) is 2.43. The lowest BCUT2D eigenvalue weighted by molar-refractivity contribution is -0.132. The van der Waals surface area contributed by atoms with Crippen molar-refractivity contribution in [3.8, 4) is 0 Å². The summed E-state index contributed by atoms with van der Waals surface area (Å²) in [5, 5.41) is 6.73. The molecule has 0 aromatic heterocycles. The quantitative estimate of drug-likeness (QED) is 0.673. The van der Waals surface area contributed by atoms with Crippen molar-refractivity contribution < 1.29 is 4.79 Å². The van der Waals surface area contributed by atoms with Crippen LogP contribution in [-0.2, 0) is 4.79 Å². The van der Waals surface area contributed by atoms with Crippen molar-refractivity contribution in [3.63, 3.8) is 0 Å². The maximum absolute atomic E-state index is 12.0. The van der Waals surface area contributed by atoms with Crippen LogP contribution in [-0.4, -0.2) is 49.1 Å². The average molecular weight is 211 g/mol. The molecule has 0 aromatic carbocycles. The number of nitrogens with one attached hydrogen (secondary N) is 2. The van der Waals surface area contributed by atoms with Gasteiger partial charge in [-0.3, -0.25) is 4.79 Å². The first-order valence-electron chi connectivity index (χ1n) is 6.00. The summed E-state index contributed by atoms with van der Waals surface area (Å²) in [6.45, 7) is 5.88. The second-order valence-electron chi connectivity index (χ2n) is 4.69. The van der Waals surface area contributed by atoms with Gasteiger partial charge < -0.3 is 15.5 Å². The molecule has 1 amide bonds. The van der Waals surface area contributed by atoms with Gasteiger partial charge in [-0.2, -0.15) is 0 Å². The first-order chi connectivity index (χ1) is 7.25. The van der Waals surface area contributed by atoms with Gasteiger partial charge in [0.2, 0.25) is 5.91 Å². The molecule has 0 spiro atoms. The van der Waals surface area contributed by atoms with Crippen LogP contribution in [0.3, 0.4) is 0 Å². The highest BCUT2D eigenvalue weighted by Gasteiger charge is 2.24. The van der Waals surface area contributed by atoms with E-state index >= 15 is 0 Å². The summed E-state index contributed by atoms with van der Waals surface area (Å²) in [7, 11) is 0. The lowest BCUT2D eigenvalue weighted by atomic mass is 10.1. The molecule has 86 valence electrons. The molecule has 2 aliphatic heterocycles. The number of amides is 1. The van der Waals surface area contributed by atoms with Crippen LogP contribution >= 0.6 is 0 Å². The van der Waals surface area contributed by atoms with Gasteiger partial charge in [-0.15, -0.1) is 0 Å². The molecule has 2 fully saturated rings. The largest absolute Gasteiger partial charge is 0.340 e. The first-order valence-corrected chi connectivity index (χ1v) is 6.00. The van der Waals surface area contributed by atoms with E-state index in [0.29, 0.717) is 24.4 Å². The number of rotatable bonds is 2. The van der Waals surface area contributed by atoms with Gasteiger partial charge in [-0.25, -0.2) is 0 Å². The summed E-state index contributed by atoms with van der Waals surface area (Å²) in [4.78, 5) is 14.0. The van der Waals surface area contributed by atoms with E-state index in [0.717, 1.165) is 32.6 Å². The van der Waals surface area contributed by atoms with Gasteiger partial charge in [0.1, 0.15) is 0 Å². The van der Waals surface area contributed by atoms with Crippen LogP contribution < -0.4 is 10.6 Å². The molecule has 2 atom stereocenters. The van der Waals surface area contributed by atoms with Gasteiger partial charge in [0.25, 0.3) is 0 Å². The van der Waals surface area contributed by atoms with E-state index in [4.69, 9.17) is 0 Å². The van der Waals surface area contributed by atoms with E-state index in [1.54, 1.807) is 0 Å². The van der Waals surface area contributed by atoms with Gasteiger partial charge in [0, 0.05) is 38.1 Å². The highest BCUT2D eigenvalue weighted by molar-refractivity contribution is 5.77. The summed E-state index contributed by atoms with van der Waals surface area (Å²) in [6.07, 6.45) is 3.07. The fraction of sp³-hybridized carbons (Fsp3) is 0.909. The summed E-state index contributed by atoms with van der Waals surface area (Å²) < 4.78 is 0. The number of hydrogen-bond donors (Lipinski definition) is 2. The molecule has 2 rings (SSSR count). The zero-order chi connectivity index (χ0) is 10.7. The third kappa shape index (κ3) is 2.92. The Morgan fingerprint density at radius 1 is 1.40 bits per heavy atom. The Labute approximate surface area is 91.4 Å². The highest BCUT2D eigenvalue weighted by Crippen LogP contribution is 2.11. The van der Waals surface area contributed by atoms with Gasteiger partial charge in [0.05, 0.1) is 0 Å². The summed E-state index contributed by atoms with van der Waals surface area (Å²) in [5.41, 5.74) is 0. The van der Waals surface area contributed by atoms with Crippen molar-refractivity contribution >= 4 is 5.91 Å². The Balaban J connectivity index is 1.78. The normalized spacial score (nSPS) is 31.9. The second kappa shape index (κ2) is 4.94. The van der Waals surface area contributed by atoms with Crippen molar-refractivity contribution in [1.82, 2.24) is 15.5 Å². The summed E-state index contributed by atoms with van der Waals surface area (Å²) in [6, 6.07) is 0.877. The van der Waals surface area contributed by atoms with Crippen molar-refractivity contribution in [1.29, 1.82) is 0 Å². The van der Waals surface area contributed by atoms with Gasteiger partial charge in [-0.05, 0) is 26.3 Å². The van der Waals surface area contributed by atoms with Crippen molar-refractivity contribution in [2.24, 2.45) is 0 Å². The molecule has 2 heterocycles. The molecule has 4 heteroatoms. The predicted molar refractivity (Wildman–Crippen MR) is 59.7 cm³/mol. The highest BCUT2D eigenvalue weighted by atomic mass is 16.2. The minimum Gasteiger partial charge on any atom is -0.340 e. The third-order valence-electron chi connectivity index (χ3n) is 3.30. The van der Waals surface area contributed by atoms with Crippen LogP contribution in [0.15, 0.2) is 0 Å². The van der Waals surface area contributed by atoms with Crippen molar-refractivity contribution in [2.75, 3.05) is 26.2 Å². The van der Waals surface area contributed by atoms with Crippen LogP contribution in [0.4, 0.5) is 0 Å². The number of carbonyl (C=O) groups excluding carboxylic acids is 1. The second-order valence-corrected chi connectivity index (χ2v) is 4.69. The SMILES string of the molecule is C[C@H]1CN(C(=O)CC2CCCN2)CCN1. The first kappa shape index (κ1) is 10.9. The Morgan fingerprint density at radius 2 is 2.27 bits per heavy atom. The lowest BCUT2D eigenvalue weighted by Gasteiger charge is -2.32. The third-order valence-corrected chi connectivity index (χ3v) is 3.30. The molecular weight excluding hydrogens is 190 g/mol. The van der Waals surface area contributed by atoms with Crippen LogP contribution in [0, 0.1) is 0 Å². The molecule has 15 heavy (non-hydrogen) atoms. The minimum absolute atomic E-state index is 0.322. The lowest BCUT2D eigenvalue weighted by Crippen LogP contribution is -2.52. The summed E-state index contributed by atoms with van der Waals surface area (Å²) in [5.74, 6) is 0.322. The van der Waals surface area contributed by atoms with Crippen LogP contribution in [0.1, 0.15) is 26.2 Å². The Bertz CT molecular complexity index is 226. The van der Waals surface area contributed by atoms with E-state index in [2.05, 4.69) is 17.6 Å². The molecule has 1 unspecified atom stereocenters. The standard InChI is InChI=1S/C11H21N3O/c1-9-8-14(6-5-12-9)11(15)7-10-3-2-4-13-10/h9-10,12-13H,2-8H2,1H3/t9-,10?/m0/s1. The van der Waals surface area contributed by atoms with Crippen molar-refractivity contribution in [2.45, 2.75) is 38.3 Å². The average Bonchev–Trinajstić information content (AvgIpc) is 2.70. The molecule has 0 bridgehead atoms. The molecule has 0 saturated carbocycles. The van der Waals surface area contributed by atoms with E-state index < -0.39 is 0 Å². The minimum atomic E-state index is 0.322. The van der Waals surface area contributed by atoms with E-state index in [1.807, 2.05) is 4.90 Å². The molecule has 0 radical (unpaired) electrons. The Kier molecular flexibility index (Phi) is 3.59. The molecule has 2 saturated heterocycles. The number of piperazine rings is 1. The topological polar surface area (TPSA) is 44.4 Å². The smallest absolute Gasteiger partial charge is 0.224 e. The van der Waals surface area contributed by atoms with E-state index in [-0.39, 0.29) is 0 Å². The Morgan fingerprint density at radius 3 is 2.93 bits per heavy atom. The van der Waals surface area contributed by atoms with E-state index in [1.165, 1.54) is 6.42 Å².